The van der Waals surface area contributed by atoms with Crippen molar-refractivity contribution in [3.8, 4) is 0 Å². The maximum absolute atomic E-state index is 12.4. The van der Waals surface area contributed by atoms with Gasteiger partial charge < -0.3 is 15.0 Å². The third-order valence-corrected chi connectivity index (χ3v) is 4.93. The fourth-order valence-corrected chi connectivity index (χ4v) is 3.01. The van der Waals surface area contributed by atoms with Gasteiger partial charge in [-0.1, -0.05) is 35.3 Å². The first-order valence-electron chi connectivity index (χ1n) is 8.45. The molecular formula is C20H18Cl2N2O3. The molecule has 0 radical (unpaired) electrons. The quantitative estimate of drug-likeness (QED) is 0.779. The van der Waals surface area contributed by atoms with E-state index in [2.05, 4.69) is 5.32 Å². The van der Waals surface area contributed by atoms with Crippen molar-refractivity contribution in [3.05, 3.63) is 69.7 Å². The number of rotatable bonds is 4. The molecule has 1 heterocycles. The molecule has 1 aliphatic heterocycles. The molecule has 0 atom stereocenters. The lowest BCUT2D eigenvalue weighted by molar-refractivity contribution is -0.111. The fourth-order valence-electron chi connectivity index (χ4n) is 2.64. The molecule has 2 amide bonds. The standard InChI is InChI=1S/C20H18Cl2N2O3/c21-17-3-1-2-14(19(17)22)6-9-18(25)23-16-7-4-15(5-8-16)20(26)24-10-12-27-13-11-24/h1-9H,10-13H2,(H,23,25). The number of hydrogen-bond acceptors (Lipinski definition) is 3. The molecule has 5 nitrogen and oxygen atoms in total. The predicted octanol–water partition coefficient (Wildman–Crippen LogP) is 4.12. The Kier molecular flexibility index (Phi) is 6.50. The number of morpholine rings is 1. The van der Waals surface area contributed by atoms with Crippen LogP contribution in [0.5, 0.6) is 0 Å². The van der Waals surface area contributed by atoms with Crippen LogP contribution in [0.2, 0.25) is 10.0 Å². The highest BCUT2D eigenvalue weighted by atomic mass is 35.5. The zero-order valence-corrected chi connectivity index (χ0v) is 16.0. The van der Waals surface area contributed by atoms with E-state index in [1.54, 1.807) is 53.4 Å². The Bertz CT molecular complexity index is 860. The molecule has 140 valence electrons. The number of anilines is 1. The van der Waals surface area contributed by atoms with Crippen molar-refractivity contribution < 1.29 is 14.3 Å². The summed E-state index contributed by atoms with van der Waals surface area (Å²) in [4.78, 5) is 26.2. The monoisotopic (exact) mass is 404 g/mol. The van der Waals surface area contributed by atoms with Gasteiger partial charge in [-0.2, -0.15) is 0 Å². The minimum absolute atomic E-state index is 0.0355. The van der Waals surface area contributed by atoms with Gasteiger partial charge in [0.2, 0.25) is 5.91 Å². The van der Waals surface area contributed by atoms with E-state index in [1.165, 1.54) is 6.08 Å². The summed E-state index contributed by atoms with van der Waals surface area (Å²) in [5.74, 6) is -0.343. The SMILES string of the molecule is O=C(C=Cc1cccc(Cl)c1Cl)Nc1ccc(C(=O)N2CCOCC2)cc1. The number of ether oxygens (including phenoxy) is 1. The Balaban J connectivity index is 1.60. The van der Waals surface area contributed by atoms with E-state index in [4.69, 9.17) is 27.9 Å². The summed E-state index contributed by atoms with van der Waals surface area (Å²) in [6.07, 6.45) is 2.98. The van der Waals surface area contributed by atoms with Crippen LogP contribution in [0, 0.1) is 0 Å². The summed E-state index contributed by atoms with van der Waals surface area (Å²) in [6.45, 7) is 2.30. The molecule has 1 N–H and O–H groups in total. The van der Waals surface area contributed by atoms with Gasteiger partial charge in [0.05, 0.1) is 23.3 Å². The number of hydrogen-bond donors (Lipinski definition) is 1. The Labute approximate surface area is 167 Å². The van der Waals surface area contributed by atoms with E-state index in [9.17, 15) is 9.59 Å². The minimum Gasteiger partial charge on any atom is -0.378 e. The van der Waals surface area contributed by atoms with Crippen LogP contribution in [0.1, 0.15) is 15.9 Å². The average Bonchev–Trinajstić information content (AvgIpc) is 2.70. The lowest BCUT2D eigenvalue weighted by atomic mass is 10.1. The van der Waals surface area contributed by atoms with E-state index in [-0.39, 0.29) is 11.8 Å². The fraction of sp³-hybridized carbons (Fsp3) is 0.200. The highest BCUT2D eigenvalue weighted by Crippen LogP contribution is 2.26. The van der Waals surface area contributed by atoms with E-state index >= 15 is 0 Å². The van der Waals surface area contributed by atoms with Crippen LogP contribution < -0.4 is 5.32 Å². The molecular weight excluding hydrogens is 387 g/mol. The van der Waals surface area contributed by atoms with Crippen molar-refractivity contribution in [2.75, 3.05) is 31.6 Å². The van der Waals surface area contributed by atoms with E-state index in [1.807, 2.05) is 0 Å². The molecule has 0 saturated carbocycles. The highest BCUT2D eigenvalue weighted by molar-refractivity contribution is 6.42. The molecule has 2 aromatic rings. The summed E-state index contributed by atoms with van der Waals surface area (Å²) in [6, 6.07) is 12.0. The van der Waals surface area contributed by atoms with Crippen LogP contribution in [-0.2, 0) is 9.53 Å². The smallest absolute Gasteiger partial charge is 0.254 e. The summed E-state index contributed by atoms with van der Waals surface area (Å²) in [5.41, 5.74) is 1.84. The van der Waals surface area contributed by atoms with Crippen molar-refractivity contribution >= 4 is 46.8 Å². The van der Waals surface area contributed by atoms with Crippen molar-refractivity contribution in [3.63, 3.8) is 0 Å². The Morgan fingerprint density at radius 1 is 1.04 bits per heavy atom. The first-order chi connectivity index (χ1) is 13.0. The van der Waals surface area contributed by atoms with Gasteiger partial charge in [0, 0.05) is 30.4 Å². The Hall–Kier alpha value is -2.34. The van der Waals surface area contributed by atoms with Crippen LogP contribution in [0.3, 0.4) is 0 Å². The predicted molar refractivity (Wildman–Crippen MR) is 107 cm³/mol. The largest absolute Gasteiger partial charge is 0.378 e. The number of benzene rings is 2. The molecule has 1 saturated heterocycles. The number of nitrogens with one attached hydrogen (secondary N) is 1. The van der Waals surface area contributed by atoms with Gasteiger partial charge in [0.15, 0.2) is 0 Å². The topological polar surface area (TPSA) is 58.6 Å². The van der Waals surface area contributed by atoms with Crippen LogP contribution in [0.15, 0.2) is 48.5 Å². The van der Waals surface area contributed by atoms with Crippen molar-refractivity contribution in [2.24, 2.45) is 0 Å². The second kappa shape index (κ2) is 9.04. The summed E-state index contributed by atoms with van der Waals surface area (Å²) in [5, 5.41) is 3.57. The second-order valence-corrected chi connectivity index (χ2v) is 6.73. The van der Waals surface area contributed by atoms with Crippen LogP contribution in [-0.4, -0.2) is 43.0 Å². The third kappa shape index (κ3) is 5.10. The number of halogens is 2. The van der Waals surface area contributed by atoms with E-state index < -0.39 is 0 Å². The molecule has 1 fully saturated rings. The summed E-state index contributed by atoms with van der Waals surface area (Å²) in [7, 11) is 0. The zero-order chi connectivity index (χ0) is 19.2. The summed E-state index contributed by atoms with van der Waals surface area (Å²) < 4.78 is 5.25. The number of nitrogens with zero attached hydrogens (tertiary/aromatic N) is 1. The average molecular weight is 405 g/mol. The van der Waals surface area contributed by atoms with Crippen LogP contribution in [0.25, 0.3) is 6.08 Å². The maximum Gasteiger partial charge on any atom is 0.254 e. The maximum atomic E-state index is 12.4. The summed E-state index contributed by atoms with van der Waals surface area (Å²) >= 11 is 12.0. The first-order valence-corrected chi connectivity index (χ1v) is 9.20. The second-order valence-electron chi connectivity index (χ2n) is 5.95. The van der Waals surface area contributed by atoms with Gasteiger partial charge in [-0.15, -0.1) is 0 Å². The van der Waals surface area contributed by atoms with Gasteiger partial charge in [-0.05, 0) is 42.0 Å². The van der Waals surface area contributed by atoms with Crippen molar-refractivity contribution in [2.45, 2.75) is 0 Å². The molecule has 3 rings (SSSR count). The first kappa shape index (κ1) is 19.4. The third-order valence-electron chi connectivity index (χ3n) is 4.09. The molecule has 0 aromatic heterocycles. The Morgan fingerprint density at radius 3 is 2.44 bits per heavy atom. The Morgan fingerprint density at radius 2 is 1.74 bits per heavy atom. The normalized spacial score (nSPS) is 14.4. The van der Waals surface area contributed by atoms with Crippen molar-refractivity contribution in [1.82, 2.24) is 4.90 Å². The number of amides is 2. The molecule has 27 heavy (non-hydrogen) atoms. The molecule has 7 heteroatoms. The molecule has 0 spiro atoms. The molecule has 0 unspecified atom stereocenters. The van der Waals surface area contributed by atoms with Gasteiger partial charge in [-0.3, -0.25) is 9.59 Å². The minimum atomic E-state index is -0.307. The van der Waals surface area contributed by atoms with E-state index in [0.717, 1.165) is 0 Å². The van der Waals surface area contributed by atoms with Gasteiger partial charge in [0.1, 0.15) is 0 Å². The number of carbonyl (C=O) groups is 2. The molecule has 0 bridgehead atoms. The highest BCUT2D eigenvalue weighted by Gasteiger charge is 2.18. The molecule has 1 aliphatic rings. The van der Waals surface area contributed by atoms with Crippen LogP contribution >= 0.6 is 23.2 Å². The molecule has 0 aliphatic carbocycles. The molecule has 2 aromatic carbocycles. The van der Waals surface area contributed by atoms with Gasteiger partial charge in [-0.25, -0.2) is 0 Å². The van der Waals surface area contributed by atoms with E-state index in [0.29, 0.717) is 53.2 Å². The van der Waals surface area contributed by atoms with Gasteiger partial charge >= 0.3 is 0 Å². The van der Waals surface area contributed by atoms with Crippen molar-refractivity contribution in [1.29, 1.82) is 0 Å². The lowest BCUT2D eigenvalue weighted by Crippen LogP contribution is -2.40. The number of carbonyl (C=O) groups excluding carboxylic acids is 2. The zero-order valence-electron chi connectivity index (χ0n) is 14.5. The van der Waals surface area contributed by atoms with Crippen LogP contribution in [0.4, 0.5) is 5.69 Å². The lowest BCUT2D eigenvalue weighted by Gasteiger charge is -2.26. The van der Waals surface area contributed by atoms with Gasteiger partial charge in [0.25, 0.3) is 5.91 Å².